The molecule has 0 bridgehead atoms. The van der Waals surface area contributed by atoms with E-state index in [2.05, 4.69) is 10.2 Å². The molecule has 1 saturated carbocycles. The lowest BCUT2D eigenvalue weighted by molar-refractivity contribution is 0.0899. The maximum absolute atomic E-state index is 12.1. The van der Waals surface area contributed by atoms with Gasteiger partial charge >= 0.3 is 0 Å². The minimum atomic E-state index is -0.277. The first-order valence-corrected chi connectivity index (χ1v) is 6.92. The molecule has 0 unspecified atom stereocenters. The number of benzene rings is 1. The van der Waals surface area contributed by atoms with Crippen LogP contribution >= 0.6 is 0 Å². The number of nitrogens with zero attached hydrogens (tertiary/aromatic N) is 1. The average molecular weight is 278 g/mol. The normalized spacial score (nSPS) is 17.4. The molecule has 0 heterocycles. The molecule has 1 fully saturated rings. The first kappa shape index (κ1) is 14.7. The Morgan fingerprint density at radius 2 is 1.90 bits per heavy atom. The lowest BCUT2D eigenvalue weighted by atomic mass is 9.96. The molecule has 3 N–H and O–H groups in total. The van der Waals surface area contributed by atoms with Crippen molar-refractivity contribution in [2.24, 2.45) is 0 Å². The highest BCUT2D eigenvalue weighted by atomic mass is 16.3. The number of likely N-dealkylation sites (N-methyl/N-ethyl adjacent to an activating group) is 1. The van der Waals surface area contributed by atoms with E-state index >= 15 is 0 Å². The van der Waals surface area contributed by atoms with Crippen LogP contribution in [0, 0.1) is 0 Å². The number of carbonyl (C=O) groups excluding carboxylic acids is 1. The van der Waals surface area contributed by atoms with E-state index in [0.717, 1.165) is 12.8 Å². The molecule has 20 heavy (non-hydrogen) atoms. The lowest BCUT2D eigenvalue weighted by Crippen LogP contribution is -2.50. The zero-order valence-corrected chi connectivity index (χ0v) is 12.0. The monoisotopic (exact) mass is 278 g/mol. The minimum Gasteiger partial charge on any atom is -0.504 e. The molecule has 1 aliphatic rings. The molecule has 1 aromatic carbocycles. The zero-order chi connectivity index (χ0) is 14.8. The van der Waals surface area contributed by atoms with E-state index in [-0.39, 0.29) is 22.9 Å². The molecule has 110 valence electrons. The summed E-state index contributed by atoms with van der Waals surface area (Å²) in [6.45, 7) is 0.598. The molecule has 0 aromatic heterocycles. The van der Waals surface area contributed by atoms with Crippen molar-refractivity contribution in [3.8, 4) is 11.5 Å². The molecule has 5 nitrogen and oxygen atoms in total. The molecule has 0 radical (unpaired) electrons. The number of hydrogen-bond donors (Lipinski definition) is 3. The first-order chi connectivity index (χ1) is 9.44. The molecule has 0 atom stereocenters. The first-order valence-electron chi connectivity index (χ1n) is 6.92. The van der Waals surface area contributed by atoms with Crippen LogP contribution in [0.25, 0.3) is 0 Å². The molecule has 1 aliphatic carbocycles. The largest absolute Gasteiger partial charge is 0.504 e. The maximum Gasteiger partial charge on any atom is 0.251 e. The van der Waals surface area contributed by atoms with Gasteiger partial charge in [0.25, 0.3) is 5.91 Å². The van der Waals surface area contributed by atoms with E-state index in [4.69, 9.17) is 0 Å². The van der Waals surface area contributed by atoms with Gasteiger partial charge in [0, 0.05) is 17.6 Å². The third-order valence-corrected chi connectivity index (χ3v) is 4.30. The Kier molecular flexibility index (Phi) is 4.18. The molecule has 0 spiro atoms. The van der Waals surface area contributed by atoms with E-state index in [9.17, 15) is 15.0 Å². The summed E-state index contributed by atoms with van der Waals surface area (Å²) in [6.07, 6.45) is 4.55. The van der Waals surface area contributed by atoms with Gasteiger partial charge in [0.2, 0.25) is 0 Å². The fourth-order valence-electron chi connectivity index (χ4n) is 2.83. The number of phenols is 2. The molecule has 0 saturated heterocycles. The van der Waals surface area contributed by atoms with Gasteiger partial charge in [-0.1, -0.05) is 12.8 Å². The summed E-state index contributed by atoms with van der Waals surface area (Å²) >= 11 is 0. The Morgan fingerprint density at radius 3 is 2.45 bits per heavy atom. The summed E-state index contributed by atoms with van der Waals surface area (Å²) in [5.74, 6) is -0.726. The molecule has 1 amide bonds. The van der Waals surface area contributed by atoms with Crippen LogP contribution in [0.3, 0.4) is 0 Å². The zero-order valence-electron chi connectivity index (χ0n) is 12.0. The van der Waals surface area contributed by atoms with Gasteiger partial charge in [0.15, 0.2) is 11.5 Å². The van der Waals surface area contributed by atoms with Crippen molar-refractivity contribution in [1.29, 1.82) is 0 Å². The van der Waals surface area contributed by atoms with Crippen LogP contribution < -0.4 is 5.32 Å². The Bertz CT molecular complexity index is 494. The van der Waals surface area contributed by atoms with Gasteiger partial charge < -0.3 is 20.4 Å². The summed E-state index contributed by atoms with van der Waals surface area (Å²) < 4.78 is 0. The number of rotatable bonds is 4. The van der Waals surface area contributed by atoms with Crippen LogP contribution in [-0.4, -0.2) is 47.2 Å². The third kappa shape index (κ3) is 2.88. The molecule has 5 heteroatoms. The standard InChI is InChI=1S/C15H22N2O3/c1-17(2)15(7-3-4-8-15)10-16-14(20)11-5-6-12(18)13(19)9-11/h5-6,9,18-19H,3-4,7-8,10H2,1-2H3,(H,16,20). The number of carbonyl (C=O) groups is 1. The van der Waals surface area contributed by atoms with Crippen molar-refractivity contribution in [2.45, 2.75) is 31.2 Å². The maximum atomic E-state index is 12.1. The van der Waals surface area contributed by atoms with E-state index in [1.54, 1.807) is 0 Å². The summed E-state index contributed by atoms with van der Waals surface area (Å²) in [7, 11) is 4.09. The summed E-state index contributed by atoms with van der Waals surface area (Å²) in [6, 6.07) is 4.10. The van der Waals surface area contributed by atoms with Crippen LogP contribution in [0.2, 0.25) is 0 Å². The topological polar surface area (TPSA) is 72.8 Å². The van der Waals surface area contributed by atoms with Gasteiger partial charge in [0.05, 0.1) is 0 Å². The van der Waals surface area contributed by atoms with Crippen molar-refractivity contribution in [1.82, 2.24) is 10.2 Å². The van der Waals surface area contributed by atoms with Gasteiger partial charge in [-0.2, -0.15) is 0 Å². The second kappa shape index (κ2) is 5.71. The highest BCUT2D eigenvalue weighted by molar-refractivity contribution is 5.94. The summed E-state index contributed by atoms with van der Waals surface area (Å²) in [5.41, 5.74) is 0.390. The second-order valence-corrected chi connectivity index (χ2v) is 5.71. The van der Waals surface area contributed by atoms with E-state index in [0.29, 0.717) is 12.1 Å². The van der Waals surface area contributed by atoms with Crippen LogP contribution in [-0.2, 0) is 0 Å². The SMILES string of the molecule is CN(C)C1(CNC(=O)c2ccc(O)c(O)c2)CCCC1. The molecule has 0 aliphatic heterocycles. The smallest absolute Gasteiger partial charge is 0.251 e. The fourth-order valence-corrected chi connectivity index (χ4v) is 2.83. The van der Waals surface area contributed by atoms with Gasteiger partial charge in [-0.05, 0) is 45.1 Å². The van der Waals surface area contributed by atoms with Crippen LogP contribution in [0.4, 0.5) is 0 Å². The van der Waals surface area contributed by atoms with Crippen molar-refractivity contribution in [3.63, 3.8) is 0 Å². The van der Waals surface area contributed by atoms with E-state index < -0.39 is 0 Å². The van der Waals surface area contributed by atoms with Crippen molar-refractivity contribution in [2.75, 3.05) is 20.6 Å². The van der Waals surface area contributed by atoms with Gasteiger partial charge in [-0.25, -0.2) is 0 Å². The molecular formula is C15H22N2O3. The Balaban J connectivity index is 2.02. The third-order valence-electron chi connectivity index (χ3n) is 4.30. The van der Waals surface area contributed by atoms with E-state index in [1.807, 2.05) is 14.1 Å². The molecule has 1 aromatic rings. The van der Waals surface area contributed by atoms with Crippen LogP contribution in [0.15, 0.2) is 18.2 Å². The van der Waals surface area contributed by atoms with Crippen molar-refractivity contribution < 1.29 is 15.0 Å². The Morgan fingerprint density at radius 1 is 1.25 bits per heavy atom. The van der Waals surface area contributed by atoms with E-state index in [1.165, 1.54) is 31.0 Å². The number of aromatic hydroxyl groups is 2. The van der Waals surface area contributed by atoms with Crippen molar-refractivity contribution in [3.05, 3.63) is 23.8 Å². The highest BCUT2D eigenvalue weighted by Crippen LogP contribution is 2.33. The highest BCUT2D eigenvalue weighted by Gasteiger charge is 2.36. The van der Waals surface area contributed by atoms with Crippen LogP contribution in [0.5, 0.6) is 11.5 Å². The fraction of sp³-hybridized carbons (Fsp3) is 0.533. The van der Waals surface area contributed by atoms with Crippen LogP contribution in [0.1, 0.15) is 36.0 Å². The Labute approximate surface area is 119 Å². The quantitative estimate of drug-likeness (QED) is 0.733. The van der Waals surface area contributed by atoms with Gasteiger partial charge in [-0.3, -0.25) is 4.79 Å². The number of phenolic OH excluding ortho intramolecular Hbond substituents is 2. The lowest BCUT2D eigenvalue weighted by Gasteiger charge is -2.36. The summed E-state index contributed by atoms with van der Waals surface area (Å²) in [5, 5.41) is 21.6. The molecule has 2 rings (SSSR count). The minimum absolute atomic E-state index is 0.0363. The molecular weight excluding hydrogens is 256 g/mol. The van der Waals surface area contributed by atoms with Gasteiger partial charge in [0.1, 0.15) is 0 Å². The predicted octanol–water partition coefficient (Wildman–Crippen LogP) is 1.70. The summed E-state index contributed by atoms with van der Waals surface area (Å²) in [4.78, 5) is 14.3. The number of nitrogens with one attached hydrogen (secondary N) is 1. The number of amides is 1. The van der Waals surface area contributed by atoms with Gasteiger partial charge in [-0.15, -0.1) is 0 Å². The second-order valence-electron chi connectivity index (χ2n) is 5.71. The number of hydrogen-bond acceptors (Lipinski definition) is 4. The predicted molar refractivity (Wildman–Crippen MR) is 77.0 cm³/mol. The average Bonchev–Trinajstić information content (AvgIpc) is 2.89. The van der Waals surface area contributed by atoms with Crippen molar-refractivity contribution >= 4 is 5.91 Å². The Hall–Kier alpha value is -1.75.